The minimum absolute atomic E-state index is 0.0484. The Morgan fingerprint density at radius 2 is 2.05 bits per heavy atom. The fraction of sp³-hybridized carbons (Fsp3) is 0.462. The zero-order valence-electron chi connectivity index (χ0n) is 11.5. The standard InChI is InChI=1S/C13H18ClN3O3/c1-3-13(15,4-2)8-16-12(18)10-6-5-9(17(19)20)7-11(10)14/h5-7H,3-4,8,15H2,1-2H3,(H,16,18). The molecule has 0 aromatic heterocycles. The summed E-state index contributed by atoms with van der Waals surface area (Å²) in [5.74, 6) is -0.387. The number of hydrogen-bond donors (Lipinski definition) is 2. The summed E-state index contributed by atoms with van der Waals surface area (Å²) in [6.07, 6.45) is 1.47. The molecule has 0 aliphatic carbocycles. The number of carbonyl (C=O) groups excluding carboxylic acids is 1. The van der Waals surface area contributed by atoms with E-state index in [9.17, 15) is 14.9 Å². The first-order valence-electron chi connectivity index (χ1n) is 6.34. The van der Waals surface area contributed by atoms with Gasteiger partial charge in [-0.3, -0.25) is 14.9 Å². The van der Waals surface area contributed by atoms with Crippen LogP contribution in [0.25, 0.3) is 0 Å². The highest BCUT2D eigenvalue weighted by molar-refractivity contribution is 6.34. The molecule has 0 saturated heterocycles. The lowest BCUT2D eigenvalue weighted by atomic mass is 9.94. The van der Waals surface area contributed by atoms with Gasteiger partial charge in [-0.1, -0.05) is 25.4 Å². The SMILES string of the molecule is CCC(N)(CC)CNC(=O)c1ccc([N+](=O)[O-])cc1Cl. The number of nitrogens with two attached hydrogens (primary N) is 1. The largest absolute Gasteiger partial charge is 0.350 e. The first kappa shape index (κ1) is 16.4. The average molecular weight is 300 g/mol. The summed E-state index contributed by atoms with van der Waals surface area (Å²) < 4.78 is 0. The van der Waals surface area contributed by atoms with Crippen molar-refractivity contribution in [2.24, 2.45) is 5.73 Å². The predicted octanol–water partition coefficient (Wildman–Crippen LogP) is 2.50. The van der Waals surface area contributed by atoms with Crippen LogP contribution in [-0.2, 0) is 0 Å². The number of nitro benzene ring substituents is 1. The molecule has 6 nitrogen and oxygen atoms in total. The number of amides is 1. The van der Waals surface area contributed by atoms with Gasteiger partial charge in [-0.25, -0.2) is 0 Å². The maximum absolute atomic E-state index is 12.0. The predicted molar refractivity (Wildman–Crippen MR) is 77.9 cm³/mol. The molecule has 7 heteroatoms. The smallest absolute Gasteiger partial charge is 0.270 e. The Morgan fingerprint density at radius 1 is 1.45 bits per heavy atom. The first-order chi connectivity index (χ1) is 9.33. The number of non-ortho nitro benzene ring substituents is 1. The van der Waals surface area contributed by atoms with Crippen molar-refractivity contribution in [1.82, 2.24) is 5.32 Å². The highest BCUT2D eigenvalue weighted by Gasteiger charge is 2.22. The van der Waals surface area contributed by atoms with Gasteiger partial charge in [0.1, 0.15) is 0 Å². The highest BCUT2D eigenvalue weighted by Crippen LogP contribution is 2.22. The molecule has 20 heavy (non-hydrogen) atoms. The molecule has 1 aromatic rings. The molecule has 1 aromatic carbocycles. The minimum Gasteiger partial charge on any atom is -0.350 e. The van der Waals surface area contributed by atoms with E-state index >= 15 is 0 Å². The van der Waals surface area contributed by atoms with Crippen molar-refractivity contribution in [3.05, 3.63) is 38.9 Å². The van der Waals surface area contributed by atoms with Gasteiger partial charge in [-0.15, -0.1) is 0 Å². The summed E-state index contributed by atoms with van der Waals surface area (Å²) in [5.41, 5.74) is 5.68. The number of hydrogen-bond acceptors (Lipinski definition) is 4. The molecular formula is C13H18ClN3O3. The third kappa shape index (κ3) is 3.91. The van der Waals surface area contributed by atoms with Crippen LogP contribution in [0.2, 0.25) is 5.02 Å². The van der Waals surface area contributed by atoms with Crippen molar-refractivity contribution in [1.29, 1.82) is 0 Å². The Kier molecular flexibility index (Phi) is 5.47. The van der Waals surface area contributed by atoms with Crippen molar-refractivity contribution >= 4 is 23.2 Å². The van der Waals surface area contributed by atoms with Gasteiger partial charge in [0.15, 0.2) is 0 Å². The molecule has 0 unspecified atom stereocenters. The van der Waals surface area contributed by atoms with Crippen LogP contribution in [0.1, 0.15) is 37.0 Å². The van der Waals surface area contributed by atoms with Gasteiger partial charge in [0.2, 0.25) is 0 Å². The molecule has 1 amide bonds. The summed E-state index contributed by atoms with van der Waals surface area (Å²) in [7, 11) is 0. The van der Waals surface area contributed by atoms with Crippen LogP contribution < -0.4 is 11.1 Å². The second-order valence-corrected chi connectivity index (χ2v) is 5.08. The van der Waals surface area contributed by atoms with Gasteiger partial charge in [0.25, 0.3) is 11.6 Å². The summed E-state index contributed by atoms with van der Waals surface area (Å²) in [6, 6.07) is 3.74. The van der Waals surface area contributed by atoms with Crippen LogP contribution in [0.3, 0.4) is 0 Å². The molecule has 0 saturated carbocycles. The molecule has 0 heterocycles. The van der Waals surface area contributed by atoms with E-state index in [1.807, 2.05) is 13.8 Å². The average Bonchev–Trinajstić information content (AvgIpc) is 2.44. The molecular weight excluding hydrogens is 282 g/mol. The molecule has 0 radical (unpaired) electrons. The van der Waals surface area contributed by atoms with Gasteiger partial charge >= 0.3 is 0 Å². The van der Waals surface area contributed by atoms with E-state index in [4.69, 9.17) is 17.3 Å². The number of halogens is 1. The third-order valence-electron chi connectivity index (χ3n) is 3.42. The molecule has 3 N–H and O–H groups in total. The number of rotatable bonds is 6. The minimum atomic E-state index is -0.563. The molecule has 0 aliphatic heterocycles. The summed E-state index contributed by atoms with van der Waals surface area (Å²) >= 11 is 5.89. The fourth-order valence-electron chi connectivity index (χ4n) is 1.65. The summed E-state index contributed by atoms with van der Waals surface area (Å²) in [4.78, 5) is 22.0. The Bertz CT molecular complexity index is 516. The van der Waals surface area contributed by atoms with E-state index in [0.717, 1.165) is 18.9 Å². The maximum Gasteiger partial charge on any atom is 0.270 e. The molecule has 0 fully saturated rings. The van der Waals surface area contributed by atoms with Crippen molar-refractivity contribution in [2.75, 3.05) is 6.54 Å². The van der Waals surface area contributed by atoms with E-state index in [1.165, 1.54) is 12.1 Å². The monoisotopic (exact) mass is 299 g/mol. The van der Waals surface area contributed by atoms with Crippen LogP contribution in [0.5, 0.6) is 0 Å². The van der Waals surface area contributed by atoms with E-state index < -0.39 is 10.5 Å². The quantitative estimate of drug-likeness (QED) is 0.623. The topological polar surface area (TPSA) is 98.3 Å². The lowest BCUT2D eigenvalue weighted by molar-refractivity contribution is -0.384. The van der Waals surface area contributed by atoms with Gasteiger partial charge in [0.05, 0.1) is 15.5 Å². The van der Waals surface area contributed by atoms with Crippen LogP contribution >= 0.6 is 11.6 Å². The first-order valence-corrected chi connectivity index (χ1v) is 6.71. The molecule has 0 bridgehead atoms. The molecule has 0 atom stereocenters. The normalized spacial score (nSPS) is 11.2. The van der Waals surface area contributed by atoms with Crippen molar-refractivity contribution < 1.29 is 9.72 Å². The van der Waals surface area contributed by atoms with Crippen LogP contribution in [0, 0.1) is 10.1 Å². The Balaban J connectivity index is 2.81. The number of nitrogens with zero attached hydrogens (tertiary/aromatic N) is 1. The van der Waals surface area contributed by atoms with Gasteiger partial charge in [0, 0.05) is 24.2 Å². The van der Waals surface area contributed by atoms with Gasteiger partial charge < -0.3 is 11.1 Å². The van der Waals surface area contributed by atoms with Crippen LogP contribution in [0.15, 0.2) is 18.2 Å². The van der Waals surface area contributed by atoms with E-state index in [1.54, 1.807) is 0 Å². The number of nitrogens with one attached hydrogen (secondary N) is 1. The fourth-order valence-corrected chi connectivity index (χ4v) is 1.91. The Hall–Kier alpha value is -1.66. The highest BCUT2D eigenvalue weighted by atomic mass is 35.5. The third-order valence-corrected chi connectivity index (χ3v) is 3.73. The van der Waals surface area contributed by atoms with E-state index in [-0.39, 0.29) is 22.2 Å². The summed E-state index contributed by atoms with van der Waals surface area (Å²) in [6.45, 7) is 4.23. The lowest BCUT2D eigenvalue weighted by Crippen LogP contribution is -2.49. The Labute approximate surface area is 122 Å². The second-order valence-electron chi connectivity index (χ2n) is 4.67. The number of carbonyl (C=O) groups is 1. The van der Waals surface area contributed by atoms with E-state index in [2.05, 4.69) is 5.32 Å². The van der Waals surface area contributed by atoms with Crippen molar-refractivity contribution in [2.45, 2.75) is 32.2 Å². The molecule has 0 aliphatic rings. The van der Waals surface area contributed by atoms with E-state index in [0.29, 0.717) is 6.54 Å². The van der Waals surface area contributed by atoms with Gasteiger partial charge in [-0.2, -0.15) is 0 Å². The zero-order valence-corrected chi connectivity index (χ0v) is 12.2. The van der Waals surface area contributed by atoms with Crippen LogP contribution in [0.4, 0.5) is 5.69 Å². The molecule has 1 rings (SSSR count). The lowest BCUT2D eigenvalue weighted by Gasteiger charge is -2.26. The molecule has 0 spiro atoms. The zero-order chi connectivity index (χ0) is 15.3. The van der Waals surface area contributed by atoms with Crippen LogP contribution in [-0.4, -0.2) is 22.9 Å². The second kappa shape index (κ2) is 6.67. The molecule has 110 valence electrons. The number of benzene rings is 1. The van der Waals surface area contributed by atoms with Gasteiger partial charge in [-0.05, 0) is 18.9 Å². The Morgan fingerprint density at radius 3 is 2.50 bits per heavy atom. The maximum atomic E-state index is 12.0. The summed E-state index contributed by atoms with van der Waals surface area (Å²) in [5, 5.41) is 13.4. The number of nitro groups is 1. The van der Waals surface area contributed by atoms with Crippen molar-refractivity contribution in [3.8, 4) is 0 Å². The van der Waals surface area contributed by atoms with Crippen molar-refractivity contribution in [3.63, 3.8) is 0 Å².